The van der Waals surface area contributed by atoms with Crippen molar-refractivity contribution >= 4 is 29.0 Å². The van der Waals surface area contributed by atoms with Gasteiger partial charge < -0.3 is 0 Å². The van der Waals surface area contributed by atoms with E-state index in [0.717, 1.165) is 18.7 Å². The molecule has 2 heteroatoms. The van der Waals surface area contributed by atoms with Crippen molar-refractivity contribution in [1.29, 1.82) is 0 Å². The van der Waals surface area contributed by atoms with E-state index in [4.69, 9.17) is 4.99 Å². The molecule has 0 fully saturated rings. The van der Waals surface area contributed by atoms with Crippen LogP contribution in [0.1, 0.15) is 23.6 Å². The van der Waals surface area contributed by atoms with E-state index < -0.39 is 0 Å². The van der Waals surface area contributed by atoms with Gasteiger partial charge in [-0.05, 0) is 30.0 Å². The first kappa shape index (κ1) is 15.5. The van der Waals surface area contributed by atoms with Crippen molar-refractivity contribution in [1.82, 2.24) is 0 Å². The Morgan fingerprint density at radius 2 is 1.83 bits per heavy atom. The molecule has 1 aliphatic heterocycles. The zero-order valence-electron chi connectivity index (χ0n) is 13.9. The SMILES string of the molecule is CC1=Cc2ccccc2CC1(C=Cc1ccccc1)C1=NCCS1. The van der Waals surface area contributed by atoms with Crippen LogP contribution in [0.2, 0.25) is 0 Å². The number of rotatable bonds is 3. The van der Waals surface area contributed by atoms with Gasteiger partial charge in [-0.25, -0.2) is 0 Å². The average molecular weight is 331 g/mol. The predicted octanol–water partition coefficient (Wildman–Crippen LogP) is 5.49. The van der Waals surface area contributed by atoms with Gasteiger partial charge in [-0.3, -0.25) is 4.99 Å². The Bertz CT molecular complexity index is 832. The molecule has 1 heterocycles. The summed E-state index contributed by atoms with van der Waals surface area (Å²) in [6.45, 7) is 3.20. The second kappa shape index (κ2) is 6.45. The maximum absolute atomic E-state index is 4.85. The normalized spacial score (nSPS) is 23.0. The molecular formula is C22H21NS. The fraction of sp³-hybridized carbons (Fsp3) is 0.227. The summed E-state index contributed by atoms with van der Waals surface area (Å²) in [7, 11) is 0. The predicted molar refractivity (Wildman–Crippen MR) is 106 cm³/mol. The first-order valence-corrected chi connectivity index (χ1v) is 9.45. The summed E-state index contributed by atoms with van der Waals surface area (Å²) in [5.41, 5.74) is 5.30. The van der Waals surface area contributed by atoms with Gasteiger partial charge in [0.2, 0.25) is 0 Å². The Hall–Kier alpha value is -2.06. The van der Waals surface area contributed by atoms with E-state index in [1.165, 1.54) is 27.3 Å². The van der Waals surface area contributed by atoms with Gasteiger partial charge in [-0.15, -0.1) is 11.8 Å². The second-order valence-corrected chi connectivity index (χ2v) is 7.54. The van der Waals surface area contributed by atoms with Gasteiger partial charge in [0.15, 0.2) is 0 Å². The lowest BCUT2D eigenvalue weighted by Crippen LogP contribution is -2.32. The number of nitrogens with zero attached hydrogens (tertiary/aromatic N) is 1. The van der Waals surface area contributed by atoms with Crippen molar-refractivity contribution in [2.75, 3.05) is 12.3 Å². The first-order valence-electron chi connectivity index (χ1n) is 8.47. The average Bonchev–Trinajstić information content (AvgIpc) is 3.16. The molecule has 120 valence electrons. The van der Waals surface area contributed by atoms with E-state index in [-0.39, 0.29) is 5.41 Å². The zero-order valence-corrected chi connectivity index (χ0v) is 14.7. The summed E-state index contributed by atoms with van der Waals surface area (Å²) in [5, 5.41) is 1.28. The minimum absolute atomic E-state index is 0.0919. The molecule has 1 unspecified atom stereocenters. The highest BCUT2D eigenvalue weighted by molar-refractivity contribution is 8.14. The van der Waals surface area contributed by atoms with Crippen molar-refractivity contribution in [3.8, 4) is 0 Å². The van der Waals surface area contributed by atoms with Crippen LogP contribution in [-0.2, 0) is 6.42 Å². The Balaban J connectivity index is 1.80. The highest BCUT2D eigenvalue weighted by atomic mass is 32.2. The molecule has 1 aliphatic carbocycles. The first-order chi connectivity index (χ1) is 11.8. The molecular weight excluding hydrogens is 310 g/mol. The maximum Gasteiger partial charge on any atom is 0.0821 e. The summed E-state index contributed by atoms with van der Waals surface area (Å²) < 4.78 is 0. The minimum atomic E-state index is -0.0919. The lowest BCUT2D eigenvalue weighted by atomic mass is 9.71. The number of allylic oxidation sites excluding steroid dienone is 2. The van der Waals surface area contributed by atoms with Crippen LogP contribution in [-0.4, -0.2) is 17.3 Å². The molecule has 0 saturated heterocycles. The molecule has 4 rings (SSSR count). The van der Waals surface area contributed by atoms with Crippen molar-refractivity contribution in [3.63, 3.8) is 0 Å². The number of thioether (sulfide) groups is 1. The van der Waals surface area contributed by atoms with Crippen molar-refractivity contribution in [2.45, 2.75) is 13.3 Å². The molecule has 2 aromatic carbocycles. The summed E-state index contributed by atoms with van der Waals surface area (Å²) in [5.74, 6) is 1.10. The Morgan fingerprint density at radius 1 is 1.04 bits per heavy atom. The van der Waals surface area contributed by atoms with Gasteiger partial charge in [0.05, 0.1) is 10.5 Å². The number of benzene rings is 2. The highest BCUT2D eigenvalue weighted by Crippen LogP contribution is 2.45. The molecule has 0 aromatic heterocycles. The van der Waals surface area contributed by atoms with Crippen LogP contribution in [0.15, 0.2) is 71.2 Å². The van der Waals surface area contributed by atoms with Gasteiger partial charge in [0, 0.05) is 12.3 Å². The quantitative estimate of drug-likeness (QED) is 0.724. The molecule has 0 bridgehead atoms. The monoisotopic (exact) mass is 331 g/mol. The van der Waals surface area contributed by atoms with Crippen LogP contribution in [0.4, 0.5) is 0 Å². The topological polar surface area (TPSA) is 12.4 Å². The van der Waals surface area contributed by atoms with E-state index in [0.29, 0.717) is 0 Å². The summed E-state index contributed by atoms with van der Waals surface area (Å²) in [6.07, 6.45) is 7.98. The van der Waals surface area contributed by atoms with Gasteiger partial charge >= 0.3 is 0 Å². The van der Waals surface area contributed by atoms with Gasteiger partial charge in [-0.2, -0.15) is 0 Å². The number of hydrogen-bond donors (Lipinski definition) is 0. The minimum Gasteiger partial charge on any atom is -0.281 e. The van der Waals surface area contributed by atoms with E-state index in [9.17, 15) is 0 Å². The lowest BCUT2D eigenvalue weighted by molar-refractivity contribution is 0.632. The van der Waals surface area contributed by atoms with Crippen LogP contribution >= 0.6 is 11.8 Å². The van der Waals surface area contributed by atoms with E-state index >= 15 is 0 Å². The molecule has 1 atom stereocenters. The summed E-state index contributed by atoms with van der Waals surface area (Å²) in [4.78, 5) is 4.85. The molecule has 0 radical (unpaired) electrons. The standard InChI is InChI=1S/C22H21NS/c1-17-15-19-9-5-6-10-20(19)16-22(17,21-23-13-14-24-21)12-11-18-7-3-2-4-8-18/h2-12,15H,13-14,16H2,1H3. The third kappa shape index (κ3) is 2.76. The van der Waals surface area contributed by atoms with E-state index in [1.807, 2.05) is 11.8 Å². The van der Waals surface area contributed by atoms with Crippen LogP contribution in [0.5, 0.6) is 0 Å². The Labute approximate surface area is 148 Å². The summed E-state index contributed by atoms with van der Waals surface area (Å²) >= 11 is 1.92. The smallest absolute Gasteiger partial charge is 0.0821 e. The van der Waals surface area contributed by atoms with Crippen LogP contribution in [0.3, 0.4) is 0 Å². The van der Waals surface area contributed by atoms with E-state index in [1.54, 1.807) is 0 Å². The fourth-order valence-electron chi connectivity index (χ4n) is 3.55. The molecule has 2 aliphatic rings. The molecule has 1 nitrogen and oxygen atoms in total. The van der Waals surface area contributed by atoms with Gasteiger partial charge in [-0.1, -0.05) is 78.4 Å². The third-order valence-corrected chi connectivity index (χ3v) is 6.08. The lowest BCUT2D eigenvalue weighted by Gasteiger charge is -2.36. The summed E-state index contributed by atoms with van der Waals surface area (Å²) in [6, 6.07) is 19.3. The Kier molecular flexibility index (Phi) is 4.15. The largest absolute Gasteiger partial charge is 0.281 e. The molecule has 0 N–H and O–H groups in total. The van der Waals surface area contributed by atoms with Crippen molar-refractivity contribution < 1.29 is 0 Å². The zero-order chi connectivity index (χ0) is 16.4. The van der Waals surface area contributed by atoms with Crippen LogP contribution in [0, 0.1) is 5.41 Å². The Morgan fingerprint density at radius 3 is 2.62 bits per heavy atom. The van der Waals surface area contributed by atoms with Gasteiger partial charge in [0.25, 0.3) is 0 Å². The third-order valence-electron chi connectivity index (χ3n) is 4.93. The van der Waals surface area contributed by atoms with Crippen molar-refractivity contribution in [3.05, 3.63) is 82.9 Å². The highest BCUT2D eigenvalue weighted by Gasteiger charge is 2.39. The molecule has 0 amide bonds. The molecule has 0 saturated carbocycles. The van der Waals surface area contributed by atoms with Crippen LogP contribution < -0.4 is 0 Å². The van der Waals surface area contributed by atoms with Gasteiger partial charge in [0.1, 0.15) is 0 Å². The van der Waals surface area contributed by atoms with Crippen LogP contribution in [0.25, 0.3) is 12.2 Å². The van der Waals surface area contributed by atoms with E-state index in [2.05, 4.69) is 79.7 Å². The number of fused-ring (bicyclic) bond motifs is 1. The fourth-order valence-corrected chi connectivity index (χ4v) is 4.67. The number of aliphatic imine (C=N–C) groups is 1. The molecule has 2 aromatic rings. The number of hydrogen-bond acceptors (Lipinski definition) is 2. The molecule has 0 spiro atoms. The van der Waals surface area contributed by atoms with Crippen molar-refractivity contribution in [2.24, 2.45) is 10.4 Å². The second-order valence-electron chi connectivity index (χ2n) is 6.45. The molecule has 24 heavy (non-hydrogen) atoms. The maximum atomic E-state index is 4.85.